The van der Waals surface area contributed by atoms with Gasteiger partial charge in [-0.05, 0) is 33.5 Å². The van der Waals surface area contributed by atoms with Crippen LogP contribution in [-0.2, 0) is 6.54 Å². The quantitative estimate of drug-likeness (QED) is 0.922. The molecule has 18 heavy (non-hydrogen) atoms. The summed E-state index contributed by atoms with van der Waals surface area (Å²) in [5.41, 5.74) is 1.03. The smallest absolute Gasteiger partial charge is 0.137 e. The van der Waals surface area contributed by atoms with E-state index in [-0.39, 0.29) is 5.82 Å². The van der Waals surface area contributed by atoms with Gasteiger partial charge in [0.2, 0.25) is 0 Å². The van der Waals surface area contributed by atoms with Crippen molar-refractivity contribution in [2.75, 3.05) is 19.6 Å². The minimum absolute atomic E-state index is 0.178. The first kappa shape index (κ1) is 14.0. The number of nitrogens with one attached hydrogen (secondary N) is 1. The first-order chi connectivity index (χ1) is 8.58. The van der Waals surface area contributed by atoms with Crippen LogP contribution < -0.4 is 5.32 Å². The van der Waals surface area contributed by atoms with Crippen LogP contribution in [0.2, 0.25) is 0 Å². The van der Waals surface area contributed by atoms with Crippen molar-refractivity contribution in [2.45, 2.75) is 26.4 Å². The SMILES string of the molecule is CC(C)C1CN(Cc2cccc(F)c2Br)CCN1. The molecule has 1 aliphatic heterocycles. The van der Waals surface area contributed by atoms with Crippen LogP contribution in [0.25, 0.3) is 0 Å². The monoisotopic (exact) mass is 314 g/mol. The van der Waals surface area contributed by atoms with Gasteiger partial charge in [0.25, 0.3) is 0 Å². The van der Waals surface area contributed by atoms with Crippen LogP contribution in [0.3, 0.4) is 0 Å². The molecule has 1 fully saturated rings. The molecule has 100 valence electrons. The van der Waals surface area contributed by atoms with Gasteiger partial charge in [-0.25, -0.2) is 4.39 Å². The fourth-order valence-electron chi connectivity index (χ4n) is 2.34. The molecule has 1 heterocycles. The molecule has 0 saturated carbocycles. The third-order valence-corrected chi connectivity index (χ3v) is 4.41. The molecule has 1 saturated heterocycles. The molecule has 2 nitrogen and oxygen atoms in total. The summed E-state index contributed by atoms with van der Waals surface area (Å²) >= 11 is 3.33. The van der Waals surface area contributed by atoms with E-state index in [1.165, 1.54) is 6.07 Å². The first-order valence-electron chi connectivity index (χ1n) is 6.46. The average Bonchev–Trinajstić information content (AvgIpc) is 2.35. The normalized spacial score (nSPS) is 21.5. The molecule has 4 heteroatoms. The Bertz CT molecular complexity index is 409. The number of nitrogens with zero attached hydrogens (tertiary/aromatic N) is 1. The van der Waals surface area contributed by atoms with Gasteiger partial charge in [0.15, 0.2) is 0 Å². The van der Waals surface area contributed by atoms with Crippen molar-refractivity contribution in [3.05, 3.63) is 34.1 Å². The predicted octanol–water partition coefficient (Wildman–Crippen LogP) is 3.02. The lowest BCUT2D eigenvalue weighted by atomic mass is 10.0. The second kappa shape index (κ2) is 6.13. The lowest BCUT2D eigenvalue weighted by molar-refractivity contribution is 0.168. The van der Waals surface area contributed by atoms with Gasteiger partial charge in [-0.15, -0.1) is 0 Å². The number of piperazine rings is 1. The van der Waals surface area contributed by atoms with Crippen LogP contribution in [0.4, 0.5) is 4.39 Å². The Labute approximate surface area is 117 Å². The van der Waals surface area contributed by atoms with Gasteiger partial charge in [0.1, 0.15) is 5.82 Å². The van der Waals surface area contributed by atoms with Crippen LogP contribution in [0.5, 0.6) is 0 Å². The van der Waals surface area contributed by atoms with Gasteiger partial charge < -0.3 is 5.32 Å². The van der Waals surface area contributed by atoms with Crippen molar-refractivity contribution >= 4 is 15.9 Å². The van der Waals surface area contributed by atoms with E-state index < -0.39 is 0 Å². The summed E-state index contributed by atoms with van der Waals surface area (Å²) in [6, 6.07) is 5.78. The maximum Gasteiger partial charge on any atom is 0.137 e. The summed E-state index contributed by atoms with van der Waals surface area (Å²) in [6.07, 6.45) is 0. The Balaban J connectivity index is 2.03. The summed E-state index contributed by atoms with van der Waals surface area (Å²) in [4.78, 5) is 2.39. The zero-order valence-electron chi connectivity index (χ0n) is 10.9. The zero-order valence-corrected chi connectivity index (χ0v) is 12.5. The fourth-order valence-corrected chi connectivity index (χ4v) is 2.73. The molecule has 0 aliphatic carbocycles. The van der Waals surface area contributed by atoms with Gasteiger partial charge in [-0.3, -0.25) is 4.90 Å². The molecule has 1 aromatic rings. The molecule has 2 rings (SSSR count). The molecule has 1 atom stereocenters. The molecule has 1 aromatic carbocycles. The molecule has 1 aliphatic rings. The molecule has 0 bridgehead atoms. The van der Waals surface area contributed by atoms with Crippen molar-refractivity contribution in [1.82, 2.24) is 10.2 Å². The maximum absolute atomic E-state index is 13.5. The van der Waals surface area contributed by atoms with Crippen molar-refractivity contribution in [3.8, 4) is 0 Å². The van der Waals surface area contributed by atoms with Crippen LogP contribution in [0.1, 0.15) is 19.4 Å². The van der Waals surface area contributed by atoms with Crippen molar-refractivity contribution < 1.29 is 4.39 Å². The number of rotatable bonds is 3. The van der Waals surface area contributed by atoms with E-state index in [9.17, 15) is 4.39 Å². The van der Waals surface area contributed by atoms with Crippen LogP contribution in [0.15, 0.2) is 22.7 Å². The highest BCUT2D eigenvalue weighted by atomic mass is 79.9. The first-order valence-corrected chi connectivity index (χ1v) is 7.26. The highest BCUT2D eigenvalue weighted by Crippen LogP contribution is 2.22. The number of halogens is 2. The minimum Gasteiger partial charge on any atom is -0.311 e. The molecule has 1 N–H and O–H groups in total. The Kier molecular flexibility index (Phi) is 4.76. The Morgan fingerprint density at radius 3 is 3.00 bits per heavy atom. The number of hydrogen-bond donors (Lipinski definition) is 1. The standard InChI is InChI=1S/C14H20BrFN2/c1-10(2)13-9-18(7-6-17-13)8-11-4-3-5-12(16)14(11)15/h3-5,10,13,17H,6-9H2,1-2H3. The van der Waals surface area contributed by atoms with Gasteiger partial charge in [0, 0.05) is 32.2 Å². The van der Waals surface area contributed by atoms with E-state index in [1.54, 1.807) is 6.07 Å². The Hall–Kier alpha value is -0.450. The summed E-state index contributed by atoms with van der Waals surface area (Å²) in [7, 11) is 0. The summed E-state index contributed by atoms with van der Waals surface area (Å²) in [6.45, 7) is 8.34. The van der Waals surface area contributed by atoms with Crippen LogP contribution in [-0.4, -0.2) is 30.6 Å². The highest BCUT2D eigenvalue weighted by molar-refractivity contribution is 9.10. The fraction of sp³-hybridized carbons (Fsp3) is 0.571. The van der Waals surface area contributed by atoms with Crippen LogP contribution >= 0.6 is 15.9 Å². The van der Waals surface area contributed by atoms with Crippen molar-refractivity contribution in [1.29, 1.82) is 0 Å². The van der Waals surface area contributed by atoms with Crippen molar-refractivity contribution in [3.63, 3.8) is 0 Å². The second-order valence-electron chi connectivity index (χ2n) is 5.25. The van der Waals surface area contributed by atoms with Crippen molar-refractivity contribution in [2.24, 2.45) is 5.92 Å². The zero-order chi connectivity index (χ0) is 13.1. The minimum atomic E-state index is -0.178. The molecule has 1 unspecified atom stereocenters. The Morgan fingerprint density at radius 2 is 2.28 bits per heavy atom. The average molecular weight is 315 g/mol. The third-order valence-electron chi connectivity index (χ3n) is 3.52. The van der Waals surface area contributed by atoms with Gasteiger partial charge in [-0.1, -0.05) is 26.0 Å². The summed E-state index contributed by atoms with van der Waals surface area (Å²) in [5, 5.41) is 3.53. The lowest BCUT2D eigenvalue weighted by Gasteiger charge is -2.35. The predicted molar refractivity (Wildman–Crippen MR) is 76.0 cm³/mol. The van der Waals surface area contributed by atoms with Gasteiger partial charge >= 0.3 is 0 Å². The Morgan fingerprint density at radius 1 is 1.50 bits per heavy atom. The van der Waals surface area contributed by atoms with E-state index in [2.05, 4.69) is 40.0 Å². The van der Waals surface area contributed by atoms with E-state index >= 15 is 0 Å². The maximum atomic E-state index is 13.5. The molecule has 0 radical (unpaired) electrons. The lowest BCUT2D eigenvalue weighted by Crippen LogP contribution is -2.52. The van der Waals surface area contributed by atoms with E-state index in [1.807, 2.05) is 6.07 Å². The number of benzene rings is 1. The summed E-state index contributed by atoms with van der Waals surface area (Å²) in [5.74, 6) is 0.451. The van der Waals surface area contributed by atoms with E-state index in [0.29, 0.717) is 16.4 Å². The highest BCUT2D eigenvalue weighted by Gasteiger charge is 2.22. The topological polar surface area (TPSA) is 15.3 Å². The van der Waals surface area contributed by atoms with Crippen LogP contribution in [0, 0.1) is 11.7 Å². The number of hydrogen-bond acceptors (Lipinski definition) is 2. The molecular weight excluding hydrogens is 295 g/mol. The molecule has 0 amide bonds. The van der Waals surface area contributed by atoms with Gasteiger partial charge in [-0.2, -0.15) is 0 Å². The molecule has 0 spiro atoms. The van der Waals surface area contributed by atoms with E-state index in [4.69, 9.17) is 0 Å². The summed E-state index contributed by atoms with van der Waals surface area (Å²) < 4.78 is 14.1. The third kappa shape index (κ3) is 3.31. The largest absolute Gasteiger partial charge is 0.311 e. The molecular formula is C14H20BrFN2. The second-order valence-corrected chi connectivity index (χ2v) is 6.05. The molecule has 0 aromatic heterocycles. The van der Waals surface area contributed by atoms with Gasteiger partial charge in [0.05, 0.1) is 4.47 Å². The van der Waals surface area contributed by atoms with E-state index in [0.717, 1.165) is 31.7 Å².